The van der Waals surface area contributed by atoms with Gasteiger partial charge in [0.15, 0.2) is 40.5 Å². The fourth-order valence-electron chi connectivity index (χ4n) is 11.6. The molecule has 0 saturated heterocycles. The van der Waals surface area contributed by atoms with Gasteiger partial charge in [0, 0.05) is 488 Å². The quantitative estimate of drug-likeness (QED) is 0.217. The number of rotatable bonds is 4. The van der Waals surface area contributed by atoms with E-state index in [1.165, 1.54) is 0 Å². The molecule has 8 rings (SSSR count). The van der Waals surface area contributed by atoms with Gasteiger partial charge in [-0.3, -0.25) is 33.6 Å². The van der Waals surface area contributed by atoms with E-state index in [0.717, 1.165) is 123 Å². The van der Waals surface area contributed by atoms with Crippen LogP contribution in [0.2, 0.25) is 0 Å². The van der Waals surface area contributed by atoms with Gasteiger partial charge in [-0.25, -0.2) is 0 Å². The van der Waals surface area contributed by atoms with Crippen molar-refractivity contribution in [3.8, 4) is 0 Å². The Morgan fingerprint density at radius 2 is 0.480 bits per heavy atom. The summed E-state index contributed by atoms with van der Waals surface area (Å²) in [6.45, 7) is 65.9. The Balaban J connectivity index is -0.0000000562. The van der Waals surface area contributed by atoms with Crippen LogP contribution in [0.25, 0.3) is 6.08 Å². The second kappa shape index (κ2) is 84.6. The molecule has 7 aliphatic rings. The topological polar surface area (TPSA) is 119 Å². The van der Waals surface area contributed by atoms with E-state index in [2.05, 4.69) is 184 Å². The van der Waals surface area contributed by atoms with Gasteiger partial charge in [0.2, 0.25) is 0 Å². The molecule has 0 fully saturated rings. The first-order valence-corrected chi connectivity index (χ1v) is 40.7. The van der Waals surface area contributed by atoms with Gasteiger partial charge in [-0.2, -0.15) is 8.46 Å². The minimum Gasteiger partial charge on any atom is -0.289 e. The minimum absolute atomic E-state index is 0. The second-order valence-corrected chi connectivity index (χ2v) is 37.6. The third-order valence-electron chi connectivity index (χ3n) is 17.5. The number of hydrogen-bond acceptors (Lipinski definition) is 7. The van der Waals surface area contributed by atoms with Crippen LogP contribution in [0.3, 0.4) is 0 Å². The fourth-order valence-corrected chi connectivity index (χ4v) is 11.6. The van der Waals surface area contributed by atoms with Gasteiger partial charge in [0.05, 0.1) is 0 Å². The molecular weight excluding hydrogens is 2690 g/mol. The van der Waals surface area contributed by atoms with Gasteiger partial charge < -0.3 is 0 Å². The molecule has 0 amide bonds. The van der Waals surface area contributed by atoms with Crippen molar-refractivity contribution in [1.82, 2.24) is 0 Å². The van der Waals surface area contributed by atoms with Gasteiger partial charge in [0.25, 0.3) is 0 Å². The predicted molar refractivity (Wildman–Crippen MR) is 464 cm³/mol. The minimum atomic E-state index is -0.955. The van der Waals surface area contributed by atoms with Crippen LogP contribution in [0.1, 0.15) is 217 Å². The summed E-state index contributed by atoms with van der Waals surface area (Å²) in [4.78, 5) is 87.8. The summed E-state index contributed by atoms with van der Waals surface area (Å²) in [5.74, 6) is 0.849. The molecule has 0 saturated carbocycles. The first-order valence-electron chi connectivity index (χ1n) is 40.0. The van der Waals surface area contributed by atoms with Crippen LogP contribution in [-0.4, -0.2) is 93.7 Å². The smallest absolute Gasteiger partial charge is 0.186 e. The molecule has 7 nitrogen and oxygen atoms in total. The van der Waals surface area contributed by atoms with Gasteiger partial charge in [-0.05, 0) is 279 Å². The summed E-state index contributed by atoms with van der Waals surface area (Å²) in [5.41, 5.74) is 17.7. The molecule has 127 heavy (non-hydrogen) atoms. The molecular formula is C92H131B2O7P3UV22. The van der Waals surface area contributed by atoms with Crippen LogP contribution in [0.5, 0.6) is 0 Å². The van der Waals surface area contributed by atoms with Crippen LogP contribution in [0.4, 0.5) is 0 Å². The molecule has 0 aliphatic heterocycles. The van der Waals surface area contributed by atoms with Crippen LogP contribution >= 0.6 is 25.6 Å². The molecule has 5 atom stereocenters. The molecule has 1 aromatic rings. The molecule has 35 heteroatoms. The Labute approximate surface area is 1070 Å². The summed E-state index contributed by atoms with van der Waals surface area (Å²) in [7, 11) is -0.245. The molecule has 0 N–H and O–H groups in total. The Bertz CT molecular complexity index is 4080. The third-order valence-corrected chi connectivity index (χ3v) is 17.9. The molecule has 0 spiro atoms. The van der Waals surface area contributed by atoms with Gasteiger partial charge in [-0.15, -0.1) is 17.2 Å². The number of hydrogen-bond donors (Lipinski definition) is 0. The summed E-state index contributed by atoms with van der Waals surface area (Å²) in [6.07, 6.45) is 29.8. The normalized spacial score (nSPS) is 16.6. The van der Waals surface area contributed by atoms with E-state index in [1.54, 1.807) is 0 Å². The second-order valence-electron chi connectivity index (χ2n) is 35.6. The van der Waals surface area contributed by atoms with E-state index in [0.29, 0.717) is 25.6 Å². The van der Waals surface area contributed by atoms with Crippen molar-refractivity contribution in [2.24, 2.45) is 43.3 Å². The fraction of sp³-hybridized carbons (Fsp3) is 0.467. The van der Waals surface area contributed by atoms with E-state index in [1.807, 2.05) is 165 Å². The van der Waals surface area contributed by atoms with Crippen molar-refractivity contribution in [3.05, 3.63) is 238 Å². The van der Waals surface area contributed by atoms with Gasteiger partial charge in [0.1, 0.15) is 15.3 Å². The summed E-state index contributed by atoms with van der Waals surface area (Å²) < 4.78 is 46.3. The van der Waals surface area contributed by atoms with Crippen LogP contribution in [0.15, 0.2) is 232 Å². The predicted octanol–water partition coefficient (Wildman–Crippen LogP) is 22.1. The number of carbonyl (C=O) groups is 7. The van der Waals surface area contributed by atoms with Crippen LogP contribution < -0.4 is 0 Å². The average Bonchev–Trinajstić information content (AvgIpc) is 0.750. The maximum absolute atomic E-state index is 13.3. The van der Waals surface area contributed by atoms with E-state index >= 15 is 0 Å². The summed E-state index contributed by atoms with van der Waals surface area (Å²) in [6, 6.07) is 9.75. The van der Waals surface area contributed by atoms with Crippen LogP contribution in [-0.2, 0) is 442 Å². The molecule has 7 aliphatic carbocycles. The summed E-state index contributed by atoms with van der Waals surface area (Å²) in [5, 5.41) is 0. The number of allylic oxidation sites excluding steroid dienone is 35. The maximum Gasteiger partial charge on any atom is 0.186 e. The van der Waals surface area contributed by atoms with Crippen molar-refractivity contribution >= 4 is 87.4 Å². The molecule has 1 aromatic carbocycles. The van der Waals surface area contributed by atoms with Gasteiger partial charge in [-0.1, -0.05) is 209 Å². The molecule has 5 unspecified atom stereocenters. The Morgan fingerprint density at radius 1 is 0.315 bits per heavy atom. The van der Waals surface area contributed by atoms with Crippen LogP contribution in [0, 0.1) is 74.4 Å². The average molecular weight is 2830 g/mol. The first-order chi connectivity index (χ1) is 50.3. The zero-order chi connectivity index (χ0) is 86.3. The number of Topliss-reactive ketones (excluding diaryl/α,β-unsaturated/α-hetero) is 7. The number of carbonyl (C=O) groups excluding carboxylic acids is 7. The maximum atomic E-state index is 13.3. The third kappa shape index (κ3) is 62.3. The van der Waals surface area contributed by atoms with Gasteiger partial charge >= 0.3 is 0 Å². The molecule has 0 bridgehead atoms. The SMILES string of the molecule is CC(C)(C)C1=CC(=C2C=C(C(C)(C)C)C(=O)C(C(C)(C)C)=C2)C=C(C(C)(C)C)C1=O.CC(C)(C)C1=CC(=Cc2ccccc2)C=C(C(C)(C)C)C1=O.CC1=C/C(=C2\C=C(C)C(=O)C(C(C)(C)C)=C2)C=C(C(C)(C)C)C1=O.CC1=CC(=C2C=C(C)C(=O)C(C)=C2)C=C(C)C1=O.[2H]B([2H])C([2H])PC.[2H]B([3H])PC.[2H]C([3H])PC.[U].[V].[V].[V].[V].[V].[V].[V].[V].[V].[V].[V].[V].[V].[V].[V].[V].[V].[V].[V].[V].[V].[V]. The molecule has 676 valence electrons. The van der Waals surface area contributed by atoms with E-state index in [4.69, 9.17) is 9.46 Å². The van der Waals surface area contributed by atoms with Crippen molar-refractivity contribution < 1.29 is 477 Å². The van der Waals surface area contributed by atoms with Crippen molar-refractivity contribution in [1.29, 1.82) is 5.34 Å². The zero-order valence-corrected chi connectivity index (χ0v) is 118. The zero-order valence-electron chi connectivity index (χ0n) is 87.1. The van der Waals surface area contributed by atoms with Crippen molar-refractivity contribution in [3.63, 3.8) is 0 Å². The summed E-state index contributed by atoms with van der Waals surface area (Å²) >= 11 is 0. The van der Waals surface area contributed by atoms with Crippen molar-refractivity contribution in [2.75, 3.05) is 32.6 Å². The standard InChI is InChI=1S/C28H40O2.C22H28O2.C21H26O.C16H16O2.C2H8BP.C2H7P.CH6BP.U.22V/c1-25(2,3)19-13-17(14-20(23(19)29)26(4,5)6)18-15-21(27(7,8)9)24(30)22(16-18)28(10,11)12;1-13-9-15(11-17(19(13)23)21(3,4)5)16-10-14(2)20(24)18(12-16)22(6,7)8;1-20(2,3)17-13-16(12-15-10-8-7-9-11-15)14-18(19(17)22)21(4,5)6;1-9-5-13(6-10(2)15(9)17)14-7-11(3)16(18)12(4)8-14;1-4-2-3;2*1-3-2;;;;;;;;;;;;;;;;;;;;;;;/h13-16H,1-12H3;9-12H,1-8H3;7-14H,1-6H3;5-8H,1-4H3;4H,2-3H2,1H3;3H,1-2H3;3H,2H2,1H3;;;;;;;;;;;;;;;;;;;;;;;/b;16-15-;;;;;;;;;;;;;;;;;;;;;;;;;;;;/i;;;;2D,3D2;1TD;2TD;;;;;;;;;;;;;;;;;;;;;;;. The first kappa shape index (κ1) is 168. The molecule has 22 radical (unpaired) electrons. The number of benzene rings is 1. The van der Waals surface area contributed by atoms with Crippen molar-refractivity contribution in [2.45, 2.75) is 208 Å². The van der Waals surface area contributed by atoms with E-state index in [-0.39, 0.29) is 523 Å². The molecule has 0 heterocycles. The monoisotopic (exact) mass is 2830 g/mol. The molecule has 0 aromatic heterocycles. The Kier molecular flexibility index (Phi) is 112. The Hall–Kier alpha value is 7.56. The van der Waals surface area contributed by atoms with E-state index < -0.39 is 27.9 Å². The number of ketones is 7. The van der Waals surface area contributed by atoms with E-state index in [9.17, 15) is 33.6 Å². The largest absolute Gasteiger partial charge is 0.289 e. The Morgan fingerprint density at radius 3 is 0.638 bits per heavy atom.